The fourth-order valence-electron chi connectivity index (χ4n) is 3.72. The number of fused-ring (bicyclic) bond motifs is 1. The second kappa shape index (κ2) is 9.15. The van der Waals surface area contributed by atoms with Crippen LogP contribution in [0.25, 0.3) is 10.2 Å². The lowest BCUT2D eigenvalue weighted by Gasteiger charge is -2.33. The predicted molar refractivity (Wildman–Crippen MR) is 117 cm³/mol. The van der Waals surface area contributed by atoms with Gasteiger partial charge in [-0.25, -0.2) is 4.98 Å². The number of hydrogen-bond donors (Lipinski definition) is 1. The van der Waals surface area contributed by atoms with Gasteiger partial charge in [-0.1, -0.05) is 18.1 Å². The van der Waals surface area contributed by atoms with Gasteiger partial charge in [0.1, 0.15) is 21.6 Å². The highest BCUT2D eigenvalue weighted by Crippen LogP contribution is 2.37. The molecule has 0 spiro atoms. The average molecular weight is 443 g/mol. The molecule has 1 saturated heterocycles. The van der Waals surface area contributed by atoms with Crippen molar-refractivity contribution in [2.45, 2.75) is 45.8 Å². The Morgan fingerprint density at radius 1 is 1.39 bits per heavy atom. The normalized spacial score (nSPS) is 16.8. The molecule has 8 nitrogen and oxygen atoms in total. The van der Waals surface area contributed by atoms with Crippen LogP contribution >= 0.6 is 11.3 Å². The van der Waals surface area contributed by atoms with Crippen LogP contribution in [0.3, 0.4) is 0 Å². The van der Waals surface area contributed by atoms with Gasteiger partial charge in [0.15, 0.2) is 5.69 Å². The Hall–Kier alpha value is -2.78. The minimum atomic E-state index is -0.425. The van der Waals surface area contributed by atoms with Crippen molar-refractivity contribution < 1.29 is 18.8 Å². The van der Waals surface area contributed by atoms with E-state index in [9.17, 15) is 9.59 Å². The van der Waals surface area contributed by atoms with Crippen LogP contribution in [0.2, 0.25) is 0 Å². The van der Waals surface area contributed by atoms with Crippen LogP contribution in [0.5, 0.6) is 0 Å². The average Bonchev–Trinajstić information content (AvgIpc) is 3.38. The van der Waals surface area contributed by atoms with Crippen LogP contribution in [-0.2, 0) is 11.2 Å². The number of amides is 2. The van der Waals surface area contributed by atoms with Crippen molar-refractivity contribution in [1.29, 1.82) is 0 Å². The molecule has 9 heteroatoms. The molecule has 1 aliphatic rings. The van der Waals surface area contributed by atoms with E-state index in [0.29, 0.717) is 36.0 Å². The fraction of sp³-hybridized carbons (Fsp3) is 0.455. The van der Waals surface area contributed by atoms with Crippen molar-refractivity contribution in [3.63, 3.8) is 0 Å². The Bertz CT molecular complexity index is 1090. The lowest BCUT2D eigenvalue weighted by Crippen LogP contribution is -2.42. The van der Waals surface area contributed by atoms with Gasteiger partial charge in [0.2, 0.25) is 0 Å². The maximum absolute atomic E-state index is 13.0. The van der Waals surface area contributed by atoms with E-state index in [-0.39, 0.29) is 17.9 Å². The summed E-state index contributed by atoms with van der Waals surface area (Å²) in [5.74, 6) is 0.365. The summed E-state index contributed by atoms with van der Waals surface area (Å²) < 4.78 is 11.3. The van der Waals surface area contributed by atoms with Crippen LogP contribution in [-0.4, -0.2) is 52.6 Å². The lowest BCUT2D eigenvalue weighted by molar-refractivity contribution is -0.0225. The van der Waals surface area contributed by atoms with E-state index >= 15 is 0 Å². The minimum absolute atomic E-state index is 0.00773. The molecule has 0 bridgehead atoms. The van der Waals surface area contributed by atoms with Gasteiger partial charge in [-0.2, -0.15) is 0 Å². The summed E-state index contributed by atoms with van der Waals surface area (Å²) in [6.07, 6.45) is 2.95. The van der Waals surface area contributed by atoms with E-state index in [1.54, 1.807) is 17.2 Å². The first kappa shape index (κ1) is 21.5. The molecule has 3 aromatic rings. The van der Waals surface area contributed by atoms with Gasteiger partial charge < -0.3 is 19.5 Å². The lowest BCUT2D eigenvalue weighted by atomic mass is 10.0. The number of hydrogen-bond acceptors (Lipinski definition) is 7. The van der Waals surface area contributed by atoms with Crippen LogP contribution in [0.1, 0.15) is 64.8 Å². The van der Waals surface area contributed by atoms with E-state index in [2.05, 4.69) is 15.5 Å². The molecule has 2 amide bonds. The van der Waals surface area contributed by atoms with Gasteiger partial charge in [0.05, 0.1) is 13.2 Å². The van der Waals surface area contributed by atoms with Gasteiger partial charge in [-0.05, 0) is 26.3 Å². The third kappa shape index (κ3) is 4.47. The van der Waals surface area contributed by atoms with E-state index < -0.39 is 6.10 Å². The molecule has 0 aliphatic carbocycles. The van der Waals surface area contributed by atoms with Crippen molar-refractivity contribution in [2.24, 2.45) is 0 Å². The first-order valence-corrected chi connectivity index (χ1v) is 11.3. The summed E-state index contributed by atoms with van der Waals surface area (Å²) in [7, 11) is 0. The topological polar surface area (TPSA) is 97.6 Å². The highest BCUT2D eigenvalue weighted by Gasteiger charge is 2.33. The number of thiophene rings is 1. The number of morpholine rings is 1. The zero-order valence-electron chi connectivity index (χ0n) is 17.9. The Morgan fingerprint density at radius 2 is 2.23 bits per heavy atom. The number of nitrogens with one attached hydrogen (secondary N) is 1. The molecule has 4 heterocycles. The first-order valence-electron chi connectivity index (χ1n) is 10.5. The van der Waals surface area contributed by atoms with Gasteiger partial charge in [-0.15, -0.1) is 11.3 Å². The molecule has 164 valence electrons. The fourth-order valence-corrected chi connectivity index (χ4v) is 4.81. The predicted octanol–water partition coefficient (Wildman–Crippen LogP) is 3.59. The Labute approximate surface area is 184 Å². The summed E-state index contributed by atoms with van der Waals surface area (Å²) >= 11 is 1.35. The molecular weight excluding hydrogens is 416 g/mol. The molecule has 3 aromatic heterocycles. The van der Waals surface area contributed by atoms with Crippen molar-refractivity contribution in [2.75, 3.05) is 19.7 Å². The number of rotatable bonds is 6. The van der Waals surface area contributed by atoms with E-state index in [1.165, 1.54) is 11.3 Å². The van der Waals surface area contributed by atoms with Crippen LogP contribution < -0.4 is 5.32 Å². The Balaban J connectivity index is 1.63. The van der Waals surface area contributed by atoms with Crippen molar-refractivity contribution in [3.05, 3.63) is 46.3 Å². The maximum atomic E-state index is 13.0. The van der Waals surface area contributed by atoms with Gasteiger partial charge in [0.25, 0.3) is 11.8 Å². The van der Waals surface area contributed by atoms with Crippen molar-refractivity contribution in [1.82, 2.24) is 20.4 Å². The van der Waals surface area contributed by atoms with Crippen LogP contribution in [0.15, 0.2) is 28.9 Å². The number of ether oxygens (including phenoxy) is 1. The summed E-state index contributed by atoms with van der Waals surface area (Å²) in [5, 5.41) is 7.79. The molecule has 1 unspecified atom stereocenters. The molecule has 31 heavy (non-hydrogen) atoms. The number of aryl methyl sites for hydroxylation is 1. The molecule has 4 rings (SSSR count). The monoisotopic (exact) mass is 442 g/mol. The molecule has 0 aromatic carbocycles. The smallest absolute Gasteiger partial charge is 0.276 e. The van der Waals surface area contributed by atoms with Gasteiger partial charge >= 0.3 is 0 Å². The Kier molecular flexibility index (Phi) is 6.33. The number of nitrogens with zero attached hydrogens (tertiary/aromatic N) is 3. The zero-order valence-corrected chi connectivity index (χ0v) is 18.7. The van der Waals surface area contributed by atoms with Crippen molar-refractivity contribution in [3.8, 4) is 0 Å². The molecule has 0 radical (unpaired) electrons. The third-order valence-electron chi connectivity index (χ3n) is 5.08. The maximum Gasteiger partial charge on any atom is 0.276 e. The van der Waals surface area contributed by atoms with E-state index in [0.717, 1.165) is 28.6 Å². The molecule has 1 fully saturated rings. The quantitative estimate of drug-likeness (QED) is 0.627. The molecule has 1 aliphatic heterocycles. The standard InChI is InChI=1S/C22H26N4O4S/c1-4-6-14-11-16(25-30-14)22(28)26-9-10-29-17(12-26)18-15-7-5-8-23-21(15)31-19(18)20(27)24-13(2)3/h5,7-8,11,13,17H,4,6,9-10,12H2,1-3H3,(H,24,27). The number of pyridine rings is 1. The molecule has 1 N–H and O–H groups in total. The second-order valence-corrected chi connectivity index (χ2v) is 8.87. The van der Waals surface area contributed by atoms with Gasteiger partial charge in [-0.3, -0.25) is 9.59 Å². The summed E-state index contributed by atoms with van der Waals surface area (Å²) in [4.78, 5) is 33.4. The number of aromatic nitrogens is 2. The minimum Gasteiger partial charge on any atom is -0.370 e. The van der Waals surface area contributed by atoms with E-state index in [4.69, 9.17) is 9.26 Å². The highest BCUT2D eigenvalue weighted by atomic mass is 32.1. The van der Waals surface area contributed by atoms with Crippen molar-refractivity contribution >= 4 is 33.4 Å². The van der Waals surface area contributed by atoms with Crippen LogP contribution in [0, 0.1) is 0 Å². The summed E-state index contributed by atoms with van der Waals surface area (Å²) in [6.45, 7) is 7.05. The highest BCUT2D eigenvalue weighted by molar-refractivity contribution is 7.20. The molecule has 1 atom stereocenters. The first-order chi connectivity index (χ1) is 15.0. The summed E-state index contributed by atoms with van der Waals surface area (Å²) in [6, 6.07) is 5.51. The number of carbonyl (C=O) groups is 2. The SMILES string of the molecule is CCCc1cc(C(=O)N2CCOC(c3c(C(=O)NC(C)C)sc4ncccc34)C2)no1. The van der Waals surface area contributed by atoms with E-state index in [1.807, 2.05) is 32.9 Å². The zero-order chi connectivity index (χ0) is 22.0. The summed E-state index contributed by atoms with van der Waals surface area (Å²) in [5.41, 5.74) is 1.09. The molecular formula is C22H26N4O4S. The number of carbonyl (C=O) groups excluding carboxylic acids is 2. The van der Waals surface area contributed by atoms with Gasteiger partial charge in [0, 0.05) is 42.2 Å². The largest absolute Gasteiger partial charge is 0.370 e. The molecule has 0 saturated carbocycles. The third-order valence-corrected chi connectivity index (χ3v) is 6.21. The van der Waals surface area contributed by atoms with Crippen LogP contribution in [0.4, 0.5) is 0 Å². The second-order valence-electron chi connectivity index (χ2n) is 7.87. The Morgan fingerprint density at radius 3 is 3.00 bits per heavy atom.